The number of carbonyl (C=O) groups is 1. The molecule has 0 fully saturated rings. The second kappa shape index (κ2) is 7.08. The fraction of sp³-hybridized carbons (Fsp3) is 0.238. The first-order valence-electron chi connectivity index (χ1n) is 8.59. The zero-order chi connectivity index (χ0) is 19.8. The third kappa shape index (κ3) is 3.83. The summed E-state index contributed by atoms with van der Waals surface area (Å²) in [5.41, 5.74) is 6.84. The number of halogens is 1. The van der Waals surface area contributed by atoms with E-state index in [9.17, 15) is 9.90 Å². The summed E-state index contributed by atoms with van der Waals surface area (Å²) in [6.45, 7) is 6.39. The van der Waals surface area contributed by atoms with Crippen molar-refractivity contribution in [3.05, 3.63) is 64.2 Å². The Kier molecular flexibility index (Phi) is 4.98. The molecule has 0 saturated carbocycles. The number of benzene rings is 2. The summed E-state index contributed by atoms with van der Waals surface area (Å²) in [5.74, 6) is -0.259. The highest BCUT2D eigenvalue weighted by molar-refractivity contribution is 6.33. The van der Waals surface area contributed by atoms with Gasteiger partial charge in [0.2, 0.25) is 0 Å². The van der Waals surface area contributed by atoms with Gasteiger partial charge in [-0.1, -0.05) is 17.7 Å². The van der Waals surface area contributed by atoms with Crippen molar-refractivity contribution in [2.45, 2.75) is 26.3 Å². The highest BCUT2D eigenvalue weighted by Gasteiger charge is 2.29. The van der Waals surface area contributed by atoms with Crippen LogP contribution in [0, 0.1) is 0 Å². The standard InChI is InChI=1S/C21H22ClN3O2/c1-13-11-21(2,3)25(4)19-10-18(22)15(9-17(13)19)12-23-24-20(27)14-5-7-16(26)8-6-14/h5-12,26H,1-4H3,(H,24,27)/b23-12+. The Morgan fingerprint density at radius 2 is 1.93 bits per heavy atom. The van der Waals surface area contributed by atoms with Crippen LogP contribution in [0.1, 0.15) is 42.3 Å². The van der Waals surface area contributed by atoms with Crippen molar-refractivity contribution in [2.24, 2.45) is 5.10 Å². The van der Waals surface area contributed by atoms with Crippen LogP contribution >= 0.6 is 11.6 Å². The van der Waals surface area contributed by atoms with Crippen molar-refractivity contribution < 1.29 is 9.90 Å². The van der Waals surface area contributed by atoms with Crippen LogP contribution in [-0.4, -0.2) is 29.8 Å². The zero-order valence-electron chi connectivity index (χ0n) is 15.7. The van der Waals surface area contributed by atoms with Crippen molar-refractivity contribution in [1.29, 1.82) is 0 Å². The molecule has 0 saturated heterocycles. The number of allylic oxidation sites excluding steroid dienone is 1. The molecule has 1 amide bonds. The number of amides is 1. The number of phenols is 1. The van der Waals surface area contributed by atoms with Crippen LogP contribution in [0.15, 0.2) is 47.6 Å². The summed E-state index contributed by atoms with van der Waals surface area (Å²) >= 11 is 6.44. The Bertz CT molecular complexity index is 947. The van der Waals surface area contributed by atoms with Gasteiger partial charge in [0.15, 0.2) is 0 Å². The molecule has 2 aromatic rings. The maximum atomic E-state index is 12.1. The van der Waals surface area contributed by atoms with E-state index in [1.807, 2.05) is 19.2 Å². The lowest BCUT2D eigenvalue weighted by Crippen LogP contribution is -2.42. The molecule has 1 aliphatic heterocycles. The van der Waals surface area contributed by atoms with Crippen molar-refractivity contribution in [2.75, 3.05) is 11.9 Å². The summed E-state index contributed by atoms with van der Waals surface area (Å²) in [5, 5.41) is 13.9. The van der Waals surface area contributed by atoms with Crippen LogP contribution in [0.3, 0.4) is 0 Å². The van der Waals surface area contributed by atoms with Gasteiger partial charge in [-0.05, 0) is 62.7 Å². The summed E-state index contributed by atoms with van der Waals surface area (Å²) in [6.07, 6.45) is 3.75. The van der Waals surface area contributed by atoms with Crippen molar-refractivity contribution >= 4 is 35.0 Å². The zero-order valence-corrected chi connectivity index (χ0v) is 16.5. The molecule has 2 N–H and O–H groups in total. The van der Waals surface area contributed by atoms with Gasteiger partial charge < -0.3 is 10.0 Å². The molecule has 2 aromatic carbocycles. The third-order valence-electron chi connectivity index (χ3n) is 4.83. The Morgan fingerprint density at radius 3 is 2.59 bits per heavy atom. The highest BCUT2D eigenvalue weighted by Crippen LogP contribution is 2.40. The topological polar surface area (TPSA) is 64.9 Å². The maximum Gasteiger partial charge on any atom is 0.271 e. The van der Waals surface area contributed by atoms with E-state index in [1.165, 1.54) is 36.1 Å². The van der Waals surface area contributed by atoms with Gasteiger partial charge >= 0.3 is 0 Å². The fourth-order valence-electron chi connectivity index (χ4n) is 3.12. The van der Waals surface area contributed by atoms with E-state index in [1.54, 1.807) is 0 Å². The maximum absolute atomic E-state index is 12.1. The lowest BCUT2D eigenvalue weighted by molar-refractivity contribution is 0.0955. The van der Waals surface area contributed by atoms with Crippen LogP contribution in [-0.2, 0) is 0 Å². The summed E-state index contributed by atoms with van der Waals surface area (Å²) in [6, 6.07) is 9.86. The van der Waals surface area contributed by atoms with Gasteiger partial charge in [-0.15, -0.1) is 0 Å². The lowest BCUT2D eigenvalue weighted by atomic mass is 9.88. The van der Waals surface area contributed by atoms with Gasteiger partial charge in [0.1, 0.15) is 5.75 Å². The number of nitrogens with zero attached hydrogens (tertiary/aromatic N) is 2. The molecule has 1 aliphatic rings. The Hall–Kier alpha value is -2.79. The minimum absolute atomic E-state index is 0.0892. The van der Waals surface area contributed by atoms with Crippen LogP contribution < -0.4 is 10.3 Å². The fourth-order valence-corrected chi connectivity index (χ4v) is 3.33. The van der Waals surface area contributed by atoms with Crippen molar-refractivity contribution in [3.63, 3.8) is 0 Å². The second-order valence-corrected chi connectivity index (χ2v) is 7.58. The van der Waals surface area contributed by atoms with E-state index in [2.05, 4.69) is 42.3 Å². The van der Waals surface area contributed by atoms with Gasteiger partial charge in [0.05, 0.1) is 16.8 Å². The molecule has 1 heterocycles. The van der Waals surface area contributed by atoms with Gasteiger partial charge in [-0.3, -0.25) is 4.79 Å². The average molecular weight is 384 g/mol. The van der Waals surface area contributed by atoms with Crippen LogP contribution in [0.5, 0.6) is 5.75 Å². The van der Waals surface area contributed by atoms with Gasteiger partial charge in [0, 0.05) is 29.4 Å². The number of hydrogen-bond donors (Lipinski definition) is 2. The SMILES string of the molecule is CC1=CC(C)(C)N(C)c2cc(Cl)c(/C=N/NC(=O)c3ccc(O)cc3)cc21. The normalized spacial score (nSPS) is 15.4. The first-order chi connectivity index (χ1) is 12.7. The Balaban J connectivity index is 1.82. The number of hydrazone groups is 1. The van der Waals surface area contributed by atoms with Crippen molar-refractivity contribution in [1.82, 2.24) is 5.43 Å². The van der Waals surface area contributed by atoms with E-state index in [4.69, 9.17) is 11.6 Å². The molecule has 0 aliphatic carbocycles. The number of likely N-dealkylation sites (N-methyl/N-ethyl adjacent to an activating group) is 1. The third-order valence-corrected chi connectivity index (χ3v) is 5.16. The number of nitrogens with one attached hydrogen (secondary N) is 1. The van der Waals surface area contributed by atoms with E-state index in [0.29, 0.717) is 10.6 Å². The summed E-state index contributed by atoms with van der Waals surface area (Å²) in [7, 11) is 2.05. The molecule has 0 aromatic heterocycles. The minimum Gasteiger partial charge on any atom is -0.508 e. The quantitative estimate of drug-likeness (QED) is 0.608. The van der Waals surface area contributed by atoms with Gasteiger partial charge in [-0.25, -0.2) is 5.43 Å². The monoisotopic (exact) mass is 383 g/mol. The van der Waals surface area contributed by atoms with E-state index in [0.717, 1.165) is 16.8 Å². The van der Waals surface area contributed by atoms with E-state index >= 15 is 0 Å². The predicted molar refractivity (Wildman–Crippen MR) is 111 cm³/mol. The predicted octanol–water partition coefficient (Wildman–Crippen LogP) is 4.44. The smallest absolute Gasteiger partial charge is 0.271 e. The van der Waals surface area contributed by atoms with E-state index < -0.39 is 0 Å². The molecule has 3 rings (SSSR count). The first kappa shape index (κ1) is 19.0. The molecule has 27 heavy (non-hydrogen) atoms. The molecular weight excluding hydrogens is 362 g/mol. The average Bonchev–Trinajstić information content (AvgIpc) is 2.61. The highest BCUT2D eigenvalue weighted by atomic mass is 35.5. The number of phenolic OH excluding ortho intramolecular Hbond substituents is 1. The molecule has 0 radical (unpaired) electrons. The molecule has 5 nitrogen and oxygen atoms in total. The number of aromatic hydroxyl groups is 1. The van der Waals surface area contributed by atoms with Gasteiger partial charge in [-0.2, -0.15) is 5.10 Å². The molecule has 6 heteroatoms. The number of fused-ring (bicyclic) bond motifs is 1. The lowest BCUT2D eigenvalue weighted by Gasteiger charge is -2.40. The number of hydrogen-bond acceptors (Lipinski definition) is 4. The van der Waals surface area contributed by atoms with Crippen molar-refractivity contribution in [3.8, 4) is 5.75 Å². The second-order valence-electron chi connectivity index (χ2n) is 7.18. The van der Waals surface area contributed by atoms with Crippen LogP contribution in [0.4, 0.5) is 5.69 Å². The summed E-state index contributed by atoms with van der Waals surface area (Å²) < 4.78 is 0. The molecule has 140 valence electrons. The molecule has 0 spiro atoms. The van der Waals surface area contributed by atoms with E-state index in [-0.39, 0.29) is 17.2 Å². The minimum atomic E-state index is -0.363. The van der Waals surface area contributed by atoms with Gasteiger partial charge in [0.25, 0.3) is 5.91 Å². The molecule has 0 unspecified atom stereocenters. The number of carbonyl (C=O) groups excluding carboxylic acids is 1. The Labute approximate surface area is 164 Å². The molecule has 0 atom stereocenters. The summed E-state index contributed by atoms with van der Waals surface area (Å²) in [4.78, 5) is 14.3. The number of rotatable bonds is 3. The first-order valence-corrected chi connectivity index (χ1v) is 8.96. The van der Waals surface area contributed by atoms with Crippen LogP contribution in [0.2, 0.25) is 5.02 Å². The number of anilines is 1. The largest absolute Gasteiger partial charge is 0.508 e. The van der Waals surface area contributed by atoms with Crippen LogP contribution in [0.25, 0.3) is 5.57 Å². The molecule has 0 bridgehead atoms. The Morgan fingerprint density at radius 1 is 1.26 bits per heavy atom. The molecular formula is C21H22ClN3O2.